The molecule has 9 heteroatoms. The second-order valence-electron chi connectivity index (χ2n) is 6.41. The molecule has 0 saturated heterocycles. The number of ether oxygens (including phenoxy) is 2. The lowest BCUT2D eigenvalue weighted by molar-refractivity contribution is -0.136. The number of nitrogens with zero attached hydrogens (tertiary/aromatic N) is 1. The topological polar surface area (TPSA) is 89.0 Å². The fraction of sp³-hybridized carbons (Fsp3) is 0.0870. The third kappa shape index (κ3) is 6.23. The highest BCUT2D eigenvalue weighted by molar-refractivity contribution is 6.39. The van der Waals surface area contributed by atoms with Crippen molar-refractivity contribution in [3.8, 4) is 11.5 Å². The van der Waals surface area contributed by atoms with E-state index in [4.69, 9.17) is 32.7 Å². The number of para-hydroxylation sites is 2. The Morgan fingerprint density at radius 3 is 2.44 bits per heavy atom. The van der Waals surface area contributed by atoms with Crippen LogP contribution in [0.4, 0.5) is 5.69 Å². The molecule has 3 aromatic carbocycles. The number of halogens is 2. The van der Waals surface area contributed by atoms with Crippen molar-refractivity contribution in [1.29, 1.82) is 0 Å². The monoisotopic (exact) mass is 471 g/mol. The van der Waals surface area contributed by atoms with Gasteiger partial charge in [0.1, 0.15) is 18.1 Å². The summed E-state index contributed by atoms with van der Waals surface area (Å²) >= 11 is 12.3. The Morgan fingerprint density at radius 2 is 1.69 bits per heavy atom. The Kier molecular flexibility index (Phi) is 8.08. The predicted molar refractivity (Wildman–Crippen MR) is 125 cm³/mol. The fourth-order valence-corrected chi connectivity index (χ4v) is 3.16. The van der Waals surface area contributed by atoms with Crippen molar-refractivity contribution < 1.29 is 19.1 Å². The molecular weight excluding hydrogens is 453 g/mol. The molecule has 0 aliphatic heterocycles. The number of rotatable bonds is 7. The number of methoxy groups -OCH3 is 1. The summed E-state index contributed by atoms with van der Waals surface area (Å²) in [7, 11) is 1.47. The molecule has 164 valence electrons. The van der Waals surface area contributed by atoms with Crippen molar-refractivity contribution in [3.05, 3.63) is 87.9 Å². The predicted octanol–water partition coefficient (Wildman–Crippen LogP) is 4.67. The van der Waals surface area contributed by atoms with Gasteiger partial charge in [-0.05, 0) is 42.0 Å². The lowest BCUT2D eigenvalue weighted by Gasteiger charge is -2.10. The van der Waals surface area contributed by atoms with Crippen LogP contribution in [-0.4, -0.2) is 25.1 Å². The standard InChI is InChI=1S/C23H19Cl2N3O4/c1-31-21-11-3-2-10-20(21)27-22(29)23(30)28-26-13-15-6-4-7-16(12-15)32-14-17-18(24)8-5-9-19(17)25/h2-13H,14H2,1H3,(H,27,29)(H,28,30)/b26-13-. The van der Waals surface area contributed by atoms with Gasteiger partial charge in [-0.1, -0.05) is 53.5 Å². The van der Waals surface area contributed by atoms with Gasteiger partial charge >= 0.3 is 11.8 Å². The highest BCUT2D eigenvalue weighted by atomic mass is 35.5. The van der Waals surface area contributed by atoms with Crippen LogP contribution < -0.4 is 20.2 Å². The first-order valence-corrected chi connectivity index (χ1v) is 10.2. The van der Waals surface area contributed by atoms with E-state index < -0.39 is 11.8 Å². The van der Waals surface area contributed by atoms with Crippen LogP contribution in [0, 0.1) is 0 Å². The van der Waals surface area contributed by atoms with Gasteiger partial charge in [0.05, 0.1) is 19.0 Å². The molecule has 0 fully saturated rings. The third-order valence-corrected chi connectivity index (χ3v) is 4.95. The van der Waals surface area contributed by atoms with Gasteiger partial charge < -0.3 is 14.8 Å². The summed E-state index contributed by atoms with van der Waals surface area (Å²) in [6, 6.07) is 19.0. The van der Waals surface area contributed by atoms with Gasteiger partial charge in [-0.3, -0.25) is 9.59 Å². The lowest BCUT2D eigenvalue weighted by Crippen LogP contribution is -2.32. The molecule has 3 rings (SSSR count). The van der Waals surface area contributed by atoms with Crippen LogP contribution in [0.5, 0.6) is 11.5 Å². The summed E-state index contributed by atoms with van der Waals surface area (Å²) in [5.41, 5.74) is 3.89. The molecule has 0 radical (unpaired) electrons. The minimum atomic E-state index is -0.923. The molecule has 7 nitrogen and oxygen atoms in total. The van der Waals surface area contributed by atoms with Gasteiger partial charge in [0.2, 0.25) is 0 Å². The van der Waals surface area contributed by atoms with E-state index in [9.17, 15) is 9.59 Å². The van der Waals surface area contributed by atoms with Crippen molar-refractivity contribution in [2.45, 2.75) is 6.61 Å². The number of carbonyl (C=O) groups excluding carboxylic acids is 2. The van der Waals surface area contributed by atoms with Crippen molar-refractivity contribution in [1.82, 2.24) is 5.43 Å². The summed E-state index contributed by atoms with van der Waals surface area (Å²) in [5.74, 6) is -0.800. The Hall–Kier alpha value is -3.55. The SMILES string of the molecule is COc1ccccc1NC(=O)C(=O)N/N=C\c1cccc(OCc2c(Cl)cccc2Cl)c1. The molecule has 0 aliphatic carbocycles. The Morgan fingerprint density at radius 1 is 0.969 bits per heavy atom. The van der Waals surface area contributed by atoms with E-state index in [1.54, 1.807) is 66.7 Å². The summed E-state index contributed by atoms with van der Waals surface area (Å²) in [4.78, 5) is 24.1. The first-order chi connectivity index (χ1) is 15.5. The first-order valence-electron chi connectivity index (χ1n) is 9.41. The quantitative estimate of drug-likeness (QED) is 0.297. The van der Waals surface area contributed by atoms with Crippen molar-refractivity contribution >= 4 is 46.9 Å². The molecule has 0 saturated carbocycles. The zero-order valence-electron chi connectivity index (χ0n) is 17.0. The van der Waals surface area contributed by atoms with Crippen LogP contribution in [0.1, 0.15) is 11.1 Å². The molecule has 0 heterocycles. The normalized spacial score (nSPS) is 10.6. The number of benzene rings is 3. The van der Waals surface area contributed by atoms with Gasteiger partial charge in [0, 0.05) is 15.6 Å². The lowest BCUT2D eigenvalue weighted by atomic mass is 10.2. The molecule has 32 heavy (non-hydrogen) atoms. The van der Waals surface area contributed by atoms with Crippen LogP contribution in [0.2, 0.25) is 10.0 Å². The van der Waals surface area contributed by atoms with Crippen molar-refractivity contribution in [2.24, 2.45) is 5.10 Å². The number of nitrogens with one attached hydrogen (secondary N) is 2. The van der Waals surface area contributed by atoms with Crippen molar-refractivity contribution in [2.75, 3.05) is 12.4 Å². The largest absolute Gasteiger partial charge is 0.495 e. The van der Waals surface area contributed by atoms with E-state index in [1.807, 2.05) is 0 Å². The van der Waals surface area contributed by atoms with Gasteiger partial charge in [-0.15, -0.1) is 0 Å². The maximum atomic E-state index is 12.1. The zero-order valence-corrected chi connectivity index (χ0v) is 18.5. The van der Waals surface area contributed by atoms with E-state index in [1.165, 1.54) is 13.3 Å². The van der Waals surface area contributed by atoms with Crippen LogP contribution >= 0.6 is 23.2 Å². The molecule has 0 atom stereocenters. The minimum absolute atomic E-state index is 0.193. The zero-order chi connectivity index (χ0) is 22.9. The maximum absolute atomic E-state index is 12.1. The molecule has 0 spiro atoms. The second kappa shape index (κ2) is 11.2. The molecular formula is C23H19Cl2N3O4. The highest BCUT2D eigenvalue weighted by Gasteiger charge is 2.15. The van der Waals surface area contributed by atoms with Crippen molar-refractivity contribution in [3.63, 3.8) is 0 Å². The van der Waals surface area contributed by atoms with Gasteiger partial charge in [0.15, 0.2) is 0 Å². The smallest absolute Gasteiger partial charge is 0.329 e. The average molecular weight is 472 g/mol. The molecule has 0 unspecified atom stereocenters. The Bertz CT molecular complexity index is 1130. The summed E-state index contributed by atoms with van der Waals surface area (Å²) in [6.07, 6.45) is 1.39. The fourth-order valence-electron chi connectivity index (χ4n) is 2.65. The van der Waals surface area contributed by atoms with E-state index >= 15 is 0 Å². The molecule has 2 N–H and O–H groups in total. The summed E-state index contributed by atoms with van der Waals surface area (Å²) in [6.45, 7) is 0.193. The van der Waals surface area contributed by atoms with E-state index in [0.717, 1.165) is 0 Å². The number of hydrogen-bond donors (Lipinski definition) is 2. The number of carbonyl (C=O) groups is 2. The van der Waals surface area contributed by atoms with Crippen LogP contribution in [0.3, 0.4) is 0 Å². The van der Waals surface area contributed by atoms with E-state index in [2.05, 4.69) is 15.8 Å². The summed E-state index contributed by atoms with van der Waals surface area (Å²) in [5, 5.41) is 7.32. The number of anilines is 1. The van der Waals surface area contributed by atoms with E-state index in [-0.39, 0.29) is 6.61 Å². The average Bonchev–Trinajstić information content (AvgIpc) is 2.79. The first kappa shape index (κ1) is 23.1. The second-order valence-corrected chi connectivity index (χ2v) is 7.23. The number of hydrogen-bond acceptors (Lipinski definition) is 5. The third-order valence-electron chi connectivity index (χ3n) is 4.24. The van der Waals surface area contributed by atoms with Crippen LogP contribution in [0.25, 0.3) is 0 Å². The molecule has 0 aromatic heterocycles. The molecule has 0 aliphatic rings. The molecule has 3 aromatic rings. The summed E-state index contributed by atoms with van der Waals surface area (Å²) < 4.78 is 10.9. The van der Waals surface area contributed by atoms with Crippen LogP contribution in [-0.2, 0) is 16.2 Å². The molecule has 2 amide bonds. The van der Waals surface area contributed by atoms with Crippen LogP contribution in [0.15, 0.2) is 71.8 Å². The highest BCUT2D eigenvalue weighted by Crippen LogP contribution is 2.26. The number of amides is 2. The minimum Gasteiger partial charge on any atom is -0.495 e. The Balaban J connectivity index is 1.56. The van der Waals surface area contributed by atoms with Gasteiger partial charge in [-0.25, -0.2) is 5.43 Å². The van der Waals surface area contributed by atoms with E-state index in [0.29, 0.717) is 38.4 Å². The maximum Gasteiger partial charge on any atom is 0.329 e. The Labute approximate surface area is 194 Å². The number of hydrazone groups is 1. The van der Waals surface area contributed by atoms with Gasteiger partial charge in [-0.2, -0.15) is 5.10 Å². The van der Waals surface area contributed by atoms with Gasteiger partial charge in [0.25, 0.3) is 0 Å². The molecule has 0 bridgehead atoms.